The Morgan fingerprint density at radius 3 is 2.79 bits per heavy atom. The van der Waals surface area contributed by atoms with E-state index in [0.29, 0.717) is 16.8 Å². The first kappa shape index (κ1) is 13.1. The highest BCUT2D eigenvalue weighted by atomic mass is 19.1. The SMILES string of the molecule is Cc1c(F)cc(C#N)cc1NC(C)c1cnn(C)c1. The Balaban J connectivity index is 2.28. The van der Waals surface area contributed by atoms with Gasteiger partial charge >= 0.3 is 0 Å². The molecule has 0 aliphatic heterocycles. The van der Waals surface area contributed by atoms with Gasteiger partial charge in [0.25, 0.3) is 0 Å². The second kappa shape index (κ2) is 5.11. The van der Waals surface area contributed by atoms with Crippen LogP contribution in [0.1, 0.15) is 29.7 Å². The van der Waals surface area contributed by atoms with Crippen LogP contribution in [0.15, 0.2) is 24.5 Å². The van der Waals surface area contributed by atoms with Gasteiger partial charge in [-0.05, 0) is 26.0 Å². The maximum absolute atomic E-state index is 13.7. The molecule has 1 atom stereocenters. The van der Waals surface area contributed by atoms with E-state index >= 15 is 0 Å². The molecule has 0 amide bonds. The van der Waals surface area contributed by atoms with Crippen LogP contribution in [-0.2, 0) is 7.05 Å². The Morgan fingerprint density at radius 2 is 2.21 bits per heavy atom. The van der Waals surface area contributed by atoms with Gasteiger partial charge in [-0.25, -0.2) is 4.39 Å². The first-order valence-corrected chi connectivity index (χ1v) is 5.96. The summed E-state index contributed by atoms with van der Waals surface area (Å²) in [5.74, 6) is -0.375. The number of nitrogens with one attached hydrogen (secondary N) is 1. The van der Waals surface area contributed by atoms with Crippen LogP contribution in [0.4, 0.5) is 10.1 Å². The highest BCUT2D eigenvalue weighted by Gasteiger charge is 2.12. The highest BCUT2D eigenvalue weighted by Crippen LogP contribution is 2.25. The molecule has 0 radical (unpaired) electrons. The van der Waals surface area contributed by atoms with E-state index in [1.807, 2.05) is 26.2 Å². The summed E-state index contributed by atoms with van der Waals surface area (Å²) in [6.07, 6.45) is 3.66. The Labute approximate surface area is 111 Å². The normalized spacial score (nSPS) is 11.9. The molecule has 1 aromatic carbocycles. The van der Waals surface area contributed by atoms with Crippen molar-refractivity contribution in [1.29, 1.82) is 5.26 Å². The number of halogens is 1. The van der Waals surface area contributed by atoms with Crippen LogP contribution >= 0.6 is 0 Å². The van der Waals surface area contributed by atoms with Crippen molar-refractivity contribution in [3.05, 3.63) is 47.0 Å². The van der Waals surface area contributed by atoms with Gasteiger partial charge in [0, 0.05) is 30.1 Å². The molecule has 0 aliphatic carbocycles. The van der Waals surface area contributed by atoms with Crippen LogP contribution in [0.3, 0.4) is 0 Å². The standard InChI is InChI=1S/C14H15FN4/c1-9-13(15)4-11(6-16)5-14(9)18-10(2)12-7-17-19(3)8-12/h4-5,7-8,10,18H,1-3H3. The Kier molecular flexibility index (Phi) is 3.52. The molecule has 2 aromatic rings. The fourth-order valence-corrected chi connectivity index (χ4v) is 1.87. The summed E-state index contributed by atoms with van der Waals surface area (Å²) in [4.78, 5) is 0. The zero-order valence-corrected chi connectivity index (χ0v) is 11.1. The minimum absolute atomic E-state index is 0.0132. The number of hydrogen-bond acceptors (Lipinski definition) is 3. The van der Waals surface area contributed by atoms with E-state index in [0.717, 1.165) is 5.56 Å². The van der Waals surface area contributed by atoms with Crippen molar-refractivity contribution in [2.45, 2.75) is 19.9 Å². The third-order valence-electron chi connectivity index (χ3n) is 3.07. The minimum atomic E-state index is -0.375. The smallest absolute Gasteiger partial charge is 0.129 e. The largest absolute Gasteiger partial charge is 0.378 e. The first-order valence-electron chi connectivity index (χ1n) is 5.96. The molecule has 1 N–H and O–H groups in total. The molecular formula is C14H15FN4. The molecule has 1 aromatic heterocycles. The molecule has 0 bridgehead atoms. The molecule has 0 fully saturated rings. The van der Waals surface area contributed by atoms with Crippen molar-refractivity contribution in [2.24, 2.45) is 7.05 Å². The molecule has 2 rings (SSSR count). The molecule has 98 valence electrons. The number of aromatic nitrogens is 2. The maximum Gasteiger partial charge on any atom is 0.129 e. The van der Waals surface area contributed by atoms with Crippen molar-refractivity contribution < 1.29 is 4.39 Å². The molecule has 0 aliphatic rings. The lowest BCUT2D eigenvalue weighted by molar-refractivity contribution is 0.618. The van der Waals surface area contributed by atoms with Gasteiger partial charge in [0.2, 0.25) is 0 Å². The monoisotopic (exact) mass is 258 g/mol. The Hall–Kier alpha value is -2.35. The lowest BCUT2D eigenvalue weighted by Crippen LogP contribution is -2.08. The van der Waals surface area contributed by atoms with Gasteiger partial charge in [0.1, 0.15) is 5.82 Å². The van der Waals surface area contributed by atoms with E-state index in [1.165, 1.54) is 6.07 Å². The summed E-state index contributed by atoms with van der Waals surface area (Å²) in [6, 6.07) is 4.85. The average Bonchev–Trinajstić information content (AvgIpc) is 2.81. The van der Waals surface area contributed by atoms with E-state index < -0.39 is 0 Å². The summed E-state index contributed by atoms with van der Waals surface area (Å²) in [7, 11) is 1.84. The van der Waals surface area contributed by atoms with Gasteiger partial charge in [0.15, 0.2) is 0 Å². The van der Waals surface area contributed by atoms with Crippen molar-refractivity contribution in [3.8, 4) is 6.07 Å². The van der Waals surface area contributed by atoms with Gasteiger partial charge in [0.05, 0.1) is 23.9 Å². The second-order valence-corrected chi connectivity index (χ2v) is 4.56. The molecule has 4 nitrogen and oxygen atoms in total. The lowest BCUT2D eigenvalue weighted by Gasteiger charge is -2.16. The van der Waals surface area contributed by atoms with Gasteiger partial charge < -0.3 is 5.32 Å². The fraction of sp³-hybridized carbons (Fsp3) is 0.286. The highest BCUT2D eigenvalue weighted by molar-refractivity contribution is 5.56. The van der Waals surface area contributed by atoms with Gasteiger partial charge in [-0.2, -0.15) is 10.4 Å². The fourth-order valence-electron chi connectivity index (χ4n) is 1.87. The number of aryl methyl sites for hydroxylation is 1. The maximum atomic E-state index is 13.7. The van der Waals surface area contributed by atoms with E-state index in [1.54, 1.807) is 23.9 Å². The molecule has 0 saturated heterocycles. The van der Waals surface area contributed by atoms with E-state index in [9.17, 15) is 4.39 Å². The Bertz CT molecular complexity index is 639. The van der Waals surface area contributed by atoms with E-state index in [2.05, 4.69) is 10.4 Å². The van der Waals surface area contributed by atoms with Crippen LogP contribution in [0.5, 0.6) is 0 Å². The zero-order chi connectivity index (χ0) is 14.0. The molecule has 19 heavy (non-hydrogen) atoms. The molecule has 1 heterocycles. The third-order valence-corrected chi connectivity index (χ3v) is 3.07. The van der Waals surface area contributed by atoms with Crippen molar-refractivity contribution in [1.82, 2.24) is 9.78 Å². The quantitative estimate of drug-likeness (QED) is 0.921. The molecule has 0 spiro atoms. The summed E-state index contributed by atoms with van der Waals surface area (Å²) in [6.45, 7) is 3.65. The second-order valence-electron chi connectivity index (χ2n) is 4.56. The first-order chi connectivity index (χ1) is 9.01. The summed E-state index contributed by atoms with van der Waals surface area (Å²) in [5, 5.41) is 16.2. The van der Waals surface area contributed by atoms with Crippen molar-refractivity contribution in [3.63, 3.8) is 0 Å². The van der Waals surface area contributed by atoms with Crippen LogP contribution in [0.25, 0.3) is 0 Å². The van der Waals surface area contributed by atoms with E-state index in [-0.39, 0.29) is 11.9 Å². The van der Waals surface area contributed by atoms with Crippen molar-refractivity contribution in [2.75, 3.05) is 5.32 Å². The molecule has 0 saturated carbocycles. The van der Waals surface area contributed by atoms with Crippen molar-refractivity contribution >= 4 is 5.69 Å². The molecule has 1 unspecified atom stereocenters. The molecular weight excluding hydrogens is 243 g/mol. The predicted octanol–water partition coefficient (Wildman–Crippen LogP) is 2.91. The number of rotatable bonds is 3. The third kappa shape index (κ3) is 2.74. The summed E-state index contributed by atoms with van der Waals surface area (Å²) >= 11 is 0. The van der Waals surface area contributed by atoms with Crippen LogP contribution in [0.2, 0.25) is 0 Å². The van der Waals surface area contributed by atoms with Crippen LogP contribution < -0.4 is 5.32 Å². The van der Waals surface area contributed by atoms with Crippen LogP contribution in [0, 0.1) is 24.1 Å². The zero-order valence-electron chi connectivity index (χ0n) is 11.1. The average molecular weight is 258 g/mol. The number of benzene rings is 1. The predicted molar refractivity (Wildman–Crippen MR) is 71.1 cm³/mol. The van der Waals surface area contributed by atoms with Gasteiger partial charge in [-0.15, -0.1) is 0 Å². The topological polar surface area (TPSA) is 53.6 Å². The Morgan fingerprint density at radius 1 is 1.47 bits per heavy atom. The summed E-state index contributed by atoms with van der Waals surface area (Å²) < 4.78 is 15.4. The number of nitrogens with zero attached hydrogens (tertiary/aromatic N) is 3. The lowest BCUT2D eigenvalue weighted by atomic mass is 10.1. The van der Waals surface area contributed by atoms with Gasteiger partial charge in [-0.3, -0.25) is 4.68 Å². The molecule has 5 heteroatoms. The summed E-state index contributed by atoms with van der Waals surface area (Å²) in [5.41, 5.74) is 2.45. The number of hydrogen-bond donors (Lipinski definition) is 1. The number of nitriles is 1. The number of anilines is 1. The van der Waals surface area contributed by atoms with Gasteiger partial charge in [-0.1, -0.05) is 0 Å². The van der Waals surface area contributed by atoms with E-state index in [4.69, 9.17) is 5.26 Å². The van der Waals surface area contributed by atoms with Crippen LogP contribution in [-0.4, -0.2) is 9.78 Å². The minimum Gasteiger partial charge on any atom is -0.378 e.